The van der Waals surface area contributed by atoms with Crippen molar-refractivity contribution in [3.05, 3.63) is 28.8 Å². The zero-order valence-electron chi connectivity index (χ0n) is 11.1. The number of rotatable bonds is 3. The maximum Gasteiger partial charge on any atom is 0.254 e. The molecule has 0 saturated carbocycles. The van der Waals surface area contributed by atoms with Crippen molar-refractivity contribution in [3.63, 3.8) is 0 Å². The maximum atomic E-state index is 12.3. The largest absolute Gasteiger partial charge is 0.495 e. The van der Waals surface area contributed by atoms with Crippen LogP contribution in [0.25, 0.3) is 0 Å². The van der Waals surface area contributed by atoms with Crippen molar-refractivity contribution >= 4 is 17.5 Å². The van der Waals surface area contributed by atoms with Gasteiger partial charge in [0.1, 0.15) is 5.75 Å². The molecule has 1 saturated heterocycles. The average Bonchev–Trinajstić information content (AvgIpc) is 2.88. The zero-order valence-corrected chi connectivity index (χ0v) is 11.9. The lowest BCUT2D eigenvalue weighted by Gasteiger charge is -2.18. The van der Waals surface area contributed by atoms with Crippen LogP contribution in [0.2, 0.25) is 5.02 Å². The van der Waals surface area contributed by atoms with Gasteiger partial charge in [0.05, 0.1) is 18.2 Å². The van der Waals surface area contributed by atoms with Gasteiger partial charge >= 0.3 is 0 Å². The molecule has 1 amide bonds. The number of hydrogen-bond acceptors (Lipinski definition) is 3. The fraction of sp³-hybridized carbons (Fsp3) is 0.500. The van der Waals surface area contributed by atoms with Crippen molar-refractivity contribution in [3.8, 4) is 5.75 Å². The van der Waals surface area contributed by atoms with E-state index in [1.165, 1.54) is 7.11 Å². The van der Waals surface area contributed by atoms with Crippen molar-refractivity contribution in [2.75, 3.05) is 20.2 Å². The van der Waals surface area contributed by atoms with Gasteiger partial charge in [0.2, 0.25) is 0 Å². The molecular formula is C14H18ClNO3. The summed E-state index contributed by atoms with van der Waals surface area (Å²) in [7, 11) is 1.52. The molecule has 0 spiro atoms. The molecule has 1 aliphatic heterocycles. The highest BCUT2D eigenvalue weighted by Crippen LogP contribution is 2.27. The van der Waals surface area contributed by atoms with Crippen LogP contribution in [0.3, 0.4) is 0 Å². The monoisotopic (exact) mass is 283 g/mol. The number of hydrogen-bond donors (Lipinski definition) is 1. The van der Waals surface area contributed by atoms with E-state index in [9.17, 15) is 9.90 Å². The van der Waals surface area contributed by atoms with Crippen molar-refractivity contribution < 1.29 is 14.6 Å². The van der Waals surface area contributed by atoms with Crippen LogP contribution in [0, 0.1) is 5.92 Å². The minimum Gasteiger partial charge on any atom is -0.495 e. The summed E-state index contributed by atoms with van der Waals surface area (Å²) in [6.07, 6.45) is 0.464. The van der Waals surface area contributed by atoms with Crippen LogP contribution in [0.15, 0.2) is 18.2 Å². The molecular weight excluding hydrogens is 266 g/mol. The minimum atomic E-state index is -0.377. The van der Waals surface area contributed by atoms with Gasteiger partial charge in [-0.1, -0.05) is 11.6 Å². The van der Waals surface area contributed by atoms with E-state index >= 15 is 0 Å². The summed E-state index contributed by atoms with van der Waals surface area (Å²) in [5.41, 5.74) is 0.562. The van der Waals surface area contributed by atoms with E-state index in [1.54, 1.807) is 30.0 Å². The number of amides is 1. The van der Waals surface area contributed by atoms with Crippen LogP contribution >= 0.6 is 11.6 Å². The highest BCUT2D eigenvalue weighted by Gasteiger charge is 2.29. The first kappa shape index (κ1) is 14.2. The second-order valence-electron chi connectivity index (χ2n) is 4.89. The molecule has 19 heavy (non-hydrogen) atoms. The third kappa shape index (κ3) is 3.01. The molecule has 2 unspecified atom stereocenters. The Hall–Kier alpha value is -1.26. The quantitative estimate of drug-likeness (QED) is 0.925. The highest BCUT2D eigenvalue weighted by molar-refractivity contribution is 6.32. The molecule has 5 heteroatoms. The molecule has 1 aromatic rings. The fourth-order valence-corrected chi connectivity index (χ4v) is 2.54. The Labute approximate surface area is 117 Å². The van der Waals surface area contributed by atoms with E-state index in [0.717, 1.165) is 6.42 Å². The molecule has 0 radical (unpaired) electrons. The van der Waals surface area contributed by atoms with E-state index in [2.05, 4.69) is 0 Å². The normalized spacial score (nSPS) is 20.4. The van der Waals surface area contributed by atoms with Crippen LogP contribution < -0.4 is 4.74 Å². The Morgan fingerprint density at radius 1 is 1.58 bits per heavy atom. The molecule has 1 heterocycles. The molecule has 104 valence electrons. The van der Waals surface area contributed by atoms with Gasteiger partial charge in [-0.25, -0.2) is 0 Å². The van der Waals surface area contributed by atoms with Gasteiger partial charge in [0.15, 0.2) is 0 Å². The third-order valence-corrected chi connectivity index (χ3v) is 3.90. The number of aliphatic hydroxyl groups excluding tert-OH is 1. The Morgan fingerprint density at radius 3 is 2.89 bits per heavy atom. The molecule has 1 aromatic carbocycles. The lowest BCUT2D eigenvalue weighted by Crippen LogP contribution is -2.30. The fourth-order valence-electron chi connectivity index (χ4n) is 2.34. The van der Waals surface area contributed by atoms with Crippen molar-refractivity contribution in [2.45, 2.75) is 19.4 Å². The molecule has 2 atom stereocenters. The summed E-state index contributed by atoms with van der Waals surface area (Å²) in [5, 5.41) is 10.1. The van der Waals surface area contributed by atoms with Crippen molar-refractivity contribution in [1.29, 1.82) is 0 Å². The number of ether oxygens (including phenoxy) is 1. The topological polar surface area (TPSA) is 49.8 Å². The molecule has 4 nitrogen and oxygen atoms in total. The molecule has 1 aliphatic rings. The molecule has 1 fully saturated rings. The van der Waals surface area contributed by atoms with Crippen LogP contribution in [-0.4, -0.2) is 42.2 Å². The highest BCUT2D eigenvalue weighted by atomic mass is 35.5. The van der Waals surface area contributed by atoms with E-state index in [4.69, 9.17) is 16.3 Å². The van der Waals surface area contributed by atoms with E-state index in [0.29, 0.717) is 29.4 Å². The number of benzene rings is 1. The van der Waals surface area contributed by atoms with E-state index < -0.39 is 0 Å². The first-order valence-electron chi connectivity index (χ1n) is 6.33. The first-order valence-corrected chi connectivity index (χ1v) is 6.71. The van der Waals surface area contributed by atoms with Gasteiger partial charge in [0, 0.05) is 24.6 Å². The Bertz CT molecular complexity index is 476. The van der Waals surface area contributed by atoms with E-state index in [-0.39, 0.29) is 17.9 Å². The van der Waals surface area contributed by atoms with Crippen molar-refractivity contribution in [1.82, 2.24) is 4.90 Å². The molecule has 0 bridgehead atoms. The first-order chi connectivity index (χ1) is 9.02. The smallest absolute Gasteiger partial charge is 0.254 e. The lowest BCUT2D eigenvalue weighted by molar-refractivity contribution is 0.0762. The number of methoxy groups -OCH3 is 1. The summed E-state index contributed by atoms with van der Waals surface area (Å²) in [6.45, 7) is 3.05. The number of carbonyl (C=O) groups is 1. The summed E-state index contributed by atoms with van der Waals surface area (Å²) >= 11 is 5.94. The van der Waals surface area contributed by atoms with Gasteiger partial charge < -0.3 is 14.7 Å². The third-order valence-electron chi connectivity index (χ3n) is 3.59. The lowest BCUT2D eigenvalue weighted by atomic mass is 10.0. The van der Waals surface area contributed by atoms with Crippen LogP contribution in [0.5, 0.6) is 5.75 Å². The van der Waals surface area contributed by atoms with Gasteiger partial charge in [-0.3, -0.25) is 4.79 Å². The van der Waals surface area contributed by atoms with Gasteiger partial charge in [0.25, 0.3) is 5.91 Å². The van der Waals surface area contributed by atoms with Gasteiger partial charge in [-0.2, -0.15) is 0 Å². The Balaban J connectivity index is 2.12. The minimum absolute atomic E-state index is 0.0434. The number of aliphatic hydroxyl groups is 1. The number of halogens is 1. The molecule has 0 aliphatic carbocycles. The predicted octanol–water partition coefficient (Wildman–Crippen LogP) is 2.19. The van der Waals surface area contributed by atoms with Crippen LogP contribution in [0.4, 0.5) is 0 Å². The Morgan fingerprint density at radius 2 is 2.32 bits per heavy atom. The van der Waals surface area contributed by atoms with E-state index in [1.807, 2.05) is 0 Å². The summed E-state index contributed by atoms with van der Waals surface area (Å²) in [4.78, 5) is 14.1. The van der Waals surface area contributed by atoms with Gasteiger partial charge in [-0.15, -0.1) is 0 Å². The average molecular weight is 284 g/mol. The second-order valence-corrected chi connectivity index (χ2v) is 5.30. The second kappa shape index (κ2) is 5.80. The zero-order chi connectivity index (χ0) is 14.0. The summed E-state index contributed by atoms with van der Waals surface area (Å²) < 4.78 is 5.12. The van der Waals surface area contributed by atoms with Crippen LogP contribution in [0.1, 0.15) is 23.7 Å². The van der Waals surface area contributed by atoms with Crippen molar-refractivity contribution in [2.24, 2.45) is 5.92 Å². The summed E-state index contributed by atoms with van der Waals surface area (Å²) in [5.74, 6) is 0.620. The Kier molecular flexibility index (Phi) is 4.32. The SMILES string of the molecule is COc1cc(C(=O)N2CCC(C(C)O)C2)ccc1Cl. The molecule has 0 aromatic heterocycles. The van der Waals surface area contributed by atoms with Gasteiger partial charge in [-0.05, 0) is 31.5 Å². The molecule has 1 N–H and O–H groups in total. The number of nitrogens with zero attached hydrogens (tertiary/aromatic N) is 1. The number of carbonyl (C=O) groups excluding carboxylic acids is 1. The molecule has 2 rings (SSSR count). The maximum absolute atomic E-state index is 12.3. The number of likely N-dealkylation sites (tertiary alicyclic amines) is 1. The summed E-state index contributed by atoms with van der Waals surface area (Å²) in [6, 6.07) is 5.01. The standard InChI is InChI=1S/C14H18ClNO3/c1-9(17)11-5-6-16(8-11)14(18)10-3-4-12(15)13(7-10)19-2/h3-4,7,9,11,17H,5-6,8H2,1-2H3. The van der Waals surface area contributed by atoms with Crippen LogP contribution in [-0.2, 0) is 0 Å². The predicted molar refractivity (Wildman–Crippen MR) is 73.7 cm³/mol.